The van der Waals surface area contributed by atoms with Gasteiger partial charge in [0.2, 0.25) is 11.5 Å². The number of hydrogen-bond donors (Lipinski definition) is 5. The molecule has 14 heteroatoms. The molecule has 2 bridgehead atoms. The van der Waals surface area contributed by atoms with Crippen molar-refractivity contribution in [1.82, 2.24) is 15.2 Å². The van der Waals surface area contributed by atoms with E-state index < -0.39 is 26.1 Å². The third-order valence-corrected chi connectivity index (χ3v) is 18.2. The molecule has 1 aromatic heterocycles. The highest BCUT2D eigenvalue weighted by molar-refractivity contribution is 6.74. The Labute approximate surface area is 375 Å². The summed E-state index contributed by atoms with van der Waals surface area (Å²) in [5.41, 5.74) is 5.20. The SMILES string of the molecule is COc1cc(NC(=O)CCCc2ccc(-c3ccccc3)c(N(C(=O)O)C34CCN(CC3)CC4)c2)c(Cl)cc1CNC[C@H](O[Si](C)(C)C(C)(C)C)c1ccc(O)c2[nH]c(=O)ccc12. The van der Waals surface area contributed by atoms with Gasteiger partial charge >= 0.3 is 6.09 Å². The number of pyridine rings is 1. The van der Waals surface area contributed by atoms with Crippen LogP contribution in [-0.4, -0.2) is 79.2 Å². The molecule has 12 nitrogen and oxygen atoms in total. The van der Waals surface area contributed by atoms with Crippen molar-refractivity contribution in [2.75, 3.05) is 43.5 Å². The number of methoxy groups -OCH3 is 1. The van der Waals surface area contributed by atoms with Gasteiger partial charge in [-0.3, -0.25) is 14.5 Å². The number of fused-ring (bicyclic) bond motifs is 4. The molecule has 334 valence electrons. The summed E-state index contributed by atoms with van der Waals surface area (Å²) in [5, 5.41) is 28.8. The first kappa shape index (κ1) is 45.8. The van der Waals surface area contributed by atoms with E-state index in [0.717, 1.165) is 66.7 Å². The van der Waals surface area contributed by atoms with E-state index in [1.807, 2.05) is 54.6 Å². The Morgan fingerprint density at radius 2 is 1.70 bits per heavy atom. The number of nitrogens with one attached hydrogen (secondary N) is 3. The highest BCUT2D eigenvalue weighted by Gasteiger charge is 2.47. The predicted octanol–water partition coefficient (Wildman–Crippen LogP) is 10.1. The van der Waals surface area contributed by atoms with Crippen LogP contribution in [0.15, 0.2) is 89.7 Å². The lowest BCUT2D eigenvalue weighted by Gasteiger charge is -2.53. The number of carboxylic acid groups (broad SMARTS) is 1. The molecule has 63 heavy (non-hydrogen) atoms. The number of aromatic hydroxyl groups is 1. The number of amides is 2. The van der Waals surface area contributed by atoms with Gasteiger partial charge < -0.3 is 39.9 Å². The number of nitrogens with zero attached hydrogens (tertiary/aromatic N) is 2. The number of aromatic amines is 1. The molecule has 0 unspecified atom stereocenters. The van der Waals surface area contributed by atoms with Crippen LogP contribution in [0.1, 0.15) is 75.7 Å². The smallest absolute Gasteiger partial charge is 0.412 e. The number of aryl methyl sites for hydroxylation is 1. The van der Waals surface area contributed by atoms with Crippen LogP contribution in [0.3, 0.4) is 0 Å². The van der Waals surface area contributed by atoms with Crippen molar-refractivity contribution in [2.24, 2.45) is 0 Å². The van der Waals surface area contributed by atoms with Crippen molar-refractivity contribution in [3.8, 4) is 22.6 Å². The third-order valence-electron chi connectivity index (χ3n) is 13.4. The van der Waals surface area contributed by atoms with Gasteiger partial charge in [-0.15, -0.1) is 0 Å². The van der Waals surface area contributed by atoms with E-state index in [-0.39, 0.29) is 28.7 Å². The van der Waals surface area contributed by atoms with Crippen molar-refractivity contribution in [2.45, 2.75) is 95.6 Å². The van der Waals surface area contributed by atoms with E-state index in [9.17, 15) is 24.6 Å². The summed E-state index contributed by atoms with van der Waals surface area (Å²) in [6, 6.07) is 26.1. The summed E-state index contributed by atoms with van der Waals surface area (Å²) in [4.78, 5) is 45.5. The second kappa shape index (κ2) is 18.9. The van der Waals surface area contributed by atoms with Gasteiger partial charge in [0, 0.05) is 67.8 Å². The van der Waals surface area contributed by atoms with Crippen LogP contribution < -0.4 is 25.8 Å². The molecular weight excluding hydrogens is 834 g/mol. The lowest BCUT2D eigenvalue weighted by atomic mass is 9.78. The second-order valence-electron chi connectivity index (χ2n) is 18.5. The van der Waals surface area contributed by atoms with Gasteiger partial charge in [0.05, 0.1) is 40.7 Å². The van der Waals surface area contributed by atoms with E-state index >= 15 is 0 Å². The number of rotatable bonds is 16. The Morgan fingerprint density at radius 3 is 2.37 bits per heavy atom. The van der Waals surface area contributed by atoms with E-state index in [0.29, 0.717) is 59.0 Å². The van der Waals surface area contributed by atoms with Crippen LogP contribution in [0.2, 0.25) is 23.2 Å². The number of benzene rings is 4. The number of anilines is 2. The minimum Gasteiger partial charge on any atom is -0.506 e. The number of piperidine rings is 3. The average molecular weight is 895 g/mol. The number of phenols is 1. The minimum absolute atomic E-state index is 0.0106. The summed E-state index contributed by atoms with van der Waals surface area (Å²) >= 11 is 6.80. The summed E-state index contributed by atoms with van der Waals surface area (Å²) in [7, 11) is -0.718. The molecular formula is C49H60ClN5O7Si. The fourth-order valence-corrected chi connectivity index (χ4v) is 10.3. The van der Waals surface area contributed by atoms with E-state index in [1.165, 1.54) is 6.07 Å². The van der Waals surface area contributed by atoms with Gasteiger partial charge in [-0.1, -0.05) is 80.9 Å². The molecule has 3 fully saturated rings. The number of ether oxygens (including phenoxy) is 1. The quantitative estimate of drug-likeness (QED) is 0.0609. The molecule has 0 spiro atoms. The fraction of sp³-hybridized carbons (Fsp3) is 0.408. The zero-order valence-corrected chi connectivity index (χ0v) is 38.9. The maximum absolute atomic E-state index is 13.4. The molecule has 3 aliphatic heterocycles. The molecule has 0 aliphatic carbocycles. The standard InChI is InChI=1S/C49H60ClN5O7Si/c1-48(2,3)63(5,6)62-43(36-17-19-41(56)46-37(36)18-20-45(58)53-46)31-51-30-34-28-38(50)39(29-42(34)61-4)52-44(57)14-10-11-32-15-16-35(33-12-8-7-9-13-33)40(27-32)55(47(59)60)49-21-24-54(25-22-49)26-23-49/h7-9,12-13,15-20,27-29,43,51,56H,10-11,14,21-26,30-31H2,1-6H3,(H,52,57)(H,53,58)(H,59,60)/t43-/m0/s1. The van der Waals surface area contributed by atoms with Crippen LogP contribution in [0, 0.1) is 0 Å². The minimum atomic E-state index is -2.29. The number of H-pyrrole nitrogens is 1. The highest BCUT2D eigenvalue weighted by atomic mass is 35.5. The average Bonchev–Trinajstić information content (AvgIpc) is 3.25. The topological polar surface area (TPSA) is 156 Å². The number of carbonyl (C=O) groups excluding carboxylic acids is 1. The van der Waals surface area contributed by atoms with Gasteiger partial charge in [-0.2, -0.15) is 0 Å². The van der Waals surface area contributed by atoms with Crippen molar-refractivity contribution in [3.05, 3.63) is 117 Å². The van der Waals surface area contributed by atoms with Crippen LogP contribution in [0.4, 0.5) is 16.2 Å². The molecule has 4 aromatic carbocycles. The van der Waals surface area contributed by atoms with Crippen LogP contribution in [-0.2, 0) is 22.2 Å². The van der Waals surface area contributed by atoms with Crippen LogP contribution in [0.5, 0.6) is 11.5 Å². The van der Waals surface area contributed by atoms with Crippen LogP contribution >= 0.6 is 11.6 Å². The summed E-state index contributed by atoms with van der Waals surface area (Å²) in [6.07, 6.45) is 2.44. The Bertz CT molecular complexity index is 2500. The second-order valence-corrected chi connectivity index (χ2v) is 23.6. The number of hydrogen-bond acceptors (Lipinski definition) is 8. The Hall–Kier alpha value is -5.18. The van der Waals surface area contributed by atoms with Gasteiger partial charge in [0.25, 0.3) is 0 Å². The first-order valence-electron chi connectivity index (χ1n) is 21.8. The Balaban J connectivity index is 1.02. The van der Waals surface area contributed by atoms with Gasteiger partial charge in [-0.05, 0) is 91.2 Å². The molecule has 2 amide bonds. The van der Waals surface area contributed by atoms with E-state index in [4.69, 9.17) is 20.8 Å². The first-order chi connectivity index (χ1) is 30.0. The highest BCUT2D eigenvalue weighted by Crippen LogP contribution is 2.45. The zero-order valence-electron chi connectivity index (χ0n) is 37.1. The lowest BCUT2D eigenvalue weighted by Crippen LogP contribution is -2.62. The molecule has 0 radical (unpaired) electrons. The van der Waals surface area contributed by atoms with Crippen molar-refractivity contribution in [3.63, 3.8) is 0 Å². The van der Waals surface area contributed by atoms with Gasteiger partial charge in [0.1, 0.15) is 11.5 Å². The molecule has 5 aromatic rings. The number of halogens is 1. The van der Waals surface area contributed by atoms with Crippen molar-refractivity contribution >= 4 is 54.2 Å². The molecule has 8 rings (SSSR count). The zero-order chi connectivity index (χ0) is 45.1. The Kier molecular flexibility index (Phi) is 13.7. The predicted molar refractivity (Wildman–Crippen MR) is 254 cm³/mol. The fourth-order valence-electron chi connectivity index (χ4n) is 8.79. The normalized spacial score (nSPS) is 18.0. The van der Waals surface area contributed by atoms with Gasteiger partial charge in [0.15, 0.2) is 8.32 Å². The monoisotopic (exact) mass is 893 g/mol. The van der Waals surface area contributed by atoms with E-state index in [1.54, 1.807) is 36.3 Å². The Morgan fingerprint density at radius 1 is 0.984 bits per heavy atom. The molecule has 5 N–H and O–H groups in total. The summed E-state index contributed by atoms with van der Waals surface area (Å²) < 4.78 is 12.7. The summed E-state index contributed by atoms with van der Waals surface area (Å²) in [5.74, 6) is 0.344. The maximum atomic E-state index is 13.4. The first-order valence-corrected chi connectivity index (χ1v) is 25.1. The number of aromatic nitrogens is 1. The third kappa shape index (κ3) is 10.1. The number of carbonyl (C=O) groups is 2. The van der Waals surface area contributed by atoms with Gasteiger partial charge in [-0.25, -0.2) is 4.79 Å². The molecule has 1 atom stereocenters. The maximum Gasteiger partial charge on any atom is 0.412 e. The van der Waals surface area contributed by atoms with Crippen LogP contribution in [0.25, 0.3) is 22.0 Å². The largest absolute Gasteiger partial charge is 0.506 e. The summed E-state index contributed by atoms with van der Waals surface area (Å²) in [6.45, 7) is 14.4. The lowest BCUT2D eigenvalue weighted by molar-refractivity contribution is -0.116. The molecule has 3 aliphatic rings. The molecule has 4 heterocycles. The number of phenolic OH excluding ortho intramolecular Hbond substituents is 1. The van der Waals surface area contributed by atoms with Crippen molar-refractivity contribution < 1.29 is 29.0 Å². The molecule has 0 saturated carbocycles. The van der Waals surface area contributed by atoms with Crippen molar-refractivity contribution in [1.29, 1.82) is 0 Å². The molecule has 3 saturated heterocycles. The van der Waals surface area contributed by atoms with E-state index in [2.05, 4.69) is 54.4 Å².